The molecular formula is C23H32N4O4. The normalized spacial score (nSPS) is 25.1. The van der Waals surface area contributed by atoms with Crippen molar-refractivity contribution in [3.8, 4) is 5.75 Å². The first kappa shape index (κ1) is 21.8. The number of hydrogen-bond acceptors (Lipinski definition) is 6. The Morgan fingerprint density at radius 2 is 1.84 bits per heavy atom. The van der Waals surface area contributed by atoms with Gasteiger partial charge in [0.05, 0.1) is 24.8 Å². The zero-order valence-corrected chi connectivity index (χ0v) is 18.2. The van der Waals surface area contributed by atoms with Crippen molar-refractivity contribution >= 4 is 23.4 Å². The van der Waals surface area contributed by atoms with Crippen molar-refractivity contribution in [3.63, 3.8) is 0 Å². The summed E-state index contributed by atoms with van der Waals surface area (Å²) in [6.45, 7) is 5.36. The summed E-state index contributed by atoms with van der Waals surface area (Å²) in [6, 6.07) is 6.59. The molecule has 1 aromatic carbocycles. The maximum Gasteiger partial charge on any atom is 0.251 e. The van der Waals surface area contributed by atoms with Gasteiger partial charge in [0, 0.05) is 19.2 Å². The van der Waals surface area contributed by atoms with E-state index in [0.29, 0.717) is 44.0 Å². The van der Waals surface area contributed by atoms with Gasteiger partial charge < -0.3 is 10.5 Å². The molecule has 4 rings (SSSR count). The van der Waals surface area contributed by atoms with Crippen molar-refractivity contribution in [1.82, 2.24) is 9.80 Å². The average Bonchev–Trinajstić information content (AvgIpc) is 3.08. The second kappa shape index (κ2) is 8.96. The van der Waals surface area contributed by atoms with Crippen molar-refractivity contribution in [2.24, 2.45) is 5.73 Å². The summed E-state index contributed by atoms with van der Waals surface area (Å²) in [5, 5.41) is 0. The molecule has 0 radical (unpaired) electrons. The van der Waals surface area contributed by atoms with Crippen molar-refractivity contribution in [1.29, 1.82) is 0 Å². The standard InChI is InChI=1S/C23H32N4O4/c1-2-31-18-8-6-7-17(15-18)27-20(28)16-19(21(27)29)25-13-9-23(10-14-25,22(24)30)26-11-4-3-5-12-26/h6-8,15,19H,2-5,9-14,16H2,1H3,(H2,24,30)/t19-/m1/s1. The lowest BCUT2D eigenvalue weighted by Gasteiger charge is -2.48. The highest BCUT2D eigenvalue weighted by Gasteiger charge is 2.49. The number of carbonyl (C=O) groups is 3. The lowest BCUT2D eigenvalue weighted by Crippen LogP contribution is -2.64. The van der Waals surface area contributed by atoms with Gasteiger partial charge in [-0.05, 0) is 57.8 Å². The van der Waals surface area contributed by atoms with Crippen LogP contribution in [0, 0.1) is 0 Å². The maximum atomic E-state index is 13.2. The smallest absolute Gasteiger partial charge is 0.251 e. The Kier molecular flexibility index (Phi) is 6.29. The number of nitrogens with zero attached hydrogens (tertiary/aromatic N) is 3. The first-order chi connectivity index (χ1) is 15.0. The molecular weight excluding hydrogens is 396 g/mol. The third kappa shape index (κ3) is 4.06. The molecule has 0 aliphatic carbocycles. The number of carbonyl (C=O) groups excluding carboxylic acids is 3. The van der Waals surface area contributed by atoms with E-state index in [0.717, 1.165) is 25.9 Å². The largest absolute Gasteiger partial charge is 0.494 e. The number of benzene rings is 1. The summed E-state index contributed by atoms with van der Waals surface area (Å²) in [7, 11) is 0. The molecule has 0 bridgehead atoms. The number of amides is 3. The first-order valence-electron chi connectivity index (χ1n) is 11.3. The summed E-state index contributed by atoms with van der Waals surface area (Å²) in [5.41, 5.74) is 5.79. The lowest BCUT2D eigenvalue weighted by atomic mass is 9.83. The van der Waals surface area contributed by atoms with E-state index in [4.69, 9.17) is 10.5 Å². The van der Waals surface area contributed by atoms with Crippen molar-refractivity contribution < 1.29 is 19.1 Å². The fraction of sp³-hybridized carbons (Fsp3) is 0.609. The van der Waals surface area contributed by atoms with Crippen molar-refractivity contribution in [2.75, 3.05) is 37.7 Å². The molecule has 2 N–H and O–H groups in total. The second-order valence-corrected chi connectivity index (χ2v) is 8.70. The monoisotopic (exact) mass is 428 g/mol. The van der Waals surface area contributed by atoms with Crippen molar-refractivity contribution in [3.05, 3.63) is 24.3 Å². The SMILES string of the molecule is CCOc1cccc(N2C(=O)C[C@@H](N3CCC(C(N)=O)(N4CCCCC4)CC3)C2=O)c1. The van der Waals surface area contributed by atoms with E-state index in [2.05, 4.69) is 9.80 Å². The molecule has 0 aromatic heterocycles. The third-order valence-electron chi connectivity index (χ3n) is 7.00. The number of hydrogen-bond donors (Lipinski definition) is 1. The van der Waals surface area contributed by atoms with Gasteiger partial charge in [0.1, 0.15) is 11.3 Å². The van der Waals surface area contributed by atoms with Gasteiger partial charge in [0.25, 0.3) is 5.91 Å². The van der Waals surface area contributed by atoms with Crippen LogP contribution in [0.1, 0.15) is 45.4 Å². The molecule has 3 heterocycles. The number of rotatable bonds is 6. The quantitative estimate of drug-likeness (QED) is 0.691. The van der Waals surface area contributed by atoms with Gasteiger partial charge in [-0.1, -0.05) is 12.5 Å². The van der Waals surface area contributed by atoms with Crippen LogP contribution in [-0.2, 0) is 14.4 Å². The van der Waals surface area contributed by atoms with Gasteiger partial charge in [-0.25, -0.2) is 4.90 Å². The topological polar surface area (TPSA) is 96.2 Å². The van der Waals surface area contributed by atoms with Crippen LogP contribution in [-0.4, -0.2) is 71.9 Å². The fourth-order valence-electron chi connectivity index (χ4n) is 5.30. The molecule has 3 aliphatic heterocycles. The highest BCUT2D eigenvalue weighted by atomic mass is 16.5. The van der Waals surface area contributed by atoms with Crippen LogP contribution >= 0.6 is 0 Å². The zero-order chi connectivity index (χ0) is 22.0. The van der Waals surface area contributed by atoms with E-state index in [9.17, 15) is 14.4 Å². The maximum absolute atomic E-state index is 13.2. The number of likely N-dealkylation sites (tertiary alicyclic amines) is 2. The van der Waals surface area contributed by atoms with E-state index in [1.54, 1.807) is 18.2 Å². The molecule has 0 unspecified atom stereocenters. The number of piperidine rings is 2. The lowest BCUT2D eigenvalue weighted by molar-refractivity contribution is -0.136. The van der Waals surface area contributed by atoms with Crippen LogP contribution in [0.25, 0.3) is 0 Å². The predicted octanol–water partition coefficient (Wildman–Crippen LogP) is 1.52. The minimum atomic E-state index is -0.631. The summed E-state index contributed by atoms with van der Waals surface area (Å²) in [4.78, 5) is 44.0. The van der Waals surface area contributed by atoms with Crippen LogP contribution in [0.2, 0.25) is 0 Å². The van der Waals surface area contributed by atoms with Crippen LogP contribution in [0.4, 0.5) is 5.69 Å². The van der Waals surface area contributed by atoms with Crippen molar-refractivity contribution in [2.45, 2.75) is 57.0 Å². The Balaban J connectivity index is 1.46. The molecule has 3 amide bonds. The molecule has 0 saturated carbocycles. The summed E-state index contributed by atoms with van der Waals surface area (Å²) in [5.74, 6) is -0.0401. The molecule has 0 spiro atoms. The Labute approximate surface area is 183 Å². The molecule has 3 fully saturated rings. The fourth-order valence-corrected chi connectivity index (χ4v) is 5.30. The average molecular weight is 429 g/mol. The molecule has 1 aromatic rings. The number of ether oxygens (including phenoxy) is 1. The zero-order valence-electron chi connectivity index (χ0n) is 18.2. The van der Waals surface area contributed by atoms with Gasteiger partial charge in [0.2, 0.25) is 11.8 Å². The van der Waals surface area contributed by atoms with E-state index in [1.165, 1.54) is 11.3 Å². The number of nitrogens with two attached hydrogens (primary N) is 1. The minimum Gasteiger partial charge on any atom is -0.494 e. The molecule has 8 nitrogen and oxygen atoms in total. The Bertz CT molecular complexity index is 844. The molecule has 3 saturated heterocycles. The highest BCUT2D eigenvalue weighted by molar-refractivity contribution is 6.22. The van der Waals surface area contributed by atoms with E-state index >= 15 is 0 Å². The van der Waals surface area contributed by atoms with Gasteiger partial charge in [0.15, 0.2) is 0 Å². The van der Waals surface area contributed by atoms with Crippen LogP contribution in [0.15, 0.2) is 24.3 Å². The van der Waals surface area contributed by atoms with Gasteiger partial charge >= 0.3 is 0 Å². The Morgan fingerprint density at radius 3 is 2.48 bits per heavy atom. The second-order valence-electron chi connectivity index (χ2n) is 8.70. The summed E-state index contributed by atoms with van der Waals surface area (Å²) >= 11 is 0. The van der Waals surface area contributed by atoms with E-state index in [1.807, 2.05) is 13.0 Å². The van der Waals surface area contributed by atoms with Gasteiger partial charge in [-0.15, -0.1) is 0 Å². The number of primary amides is 1. The molecule has 8 heteroatoms. The molecule has 3 aliphatic rings. The Morgan fingerprint density at radius 1 is 1.13 bits per heavy atom. The van der Waals surface area contributed by atoms with E-state index < -0.39 is 11.6 Å². The van der Waals surface area contributed by atoms with Crippen LogP contribution in [0.5, 0.6) is 5.75 Å². The van der Waals surface area contributed by atoms with Gasteiger partial charge in [-0.2, -0.15) is 0 Å². The summed E-state index contributed by atoms with van der Waals surface area (Å²) in [6.07, 6.45) is 4.72. The first-order valence-corrected chi connectivity index (χ1v) is 11.3. The number of imide groups is 1. The summed E-state index contributed by atoms with van der Waals surface area (Å²) < 4.78 is 5.51. The third-order valence-corrected chi connectivity index (χ3v) is 7.00. The molecule has 1 atom stereocenters. The minimum absolute atomic E-state index is 0.158. The molecule has 168 valence electrons. The predicted molar refractivity (Wildman–Crippen MR) is 117 cm³/mol. The van der Waals surface area contributed by atoms with Gasteiger partial charge in [-0.3, -0.25) is 24.2 Å². The number of anilines is 1. The van der Waals surface area contributed by atoms with E-state index in [-0.39, 0.29) is 24.1 Å². The van der Waals surface area contributed by atoms with Crippen LogP contribution < -0.4 is 15.4 Å². The molecule has 31 heavy (non-hydrogen) atoms. The Hall–Kier alpha value is -2.45. The highest BCUT2D eigenvalue weighted by Crippen LogP contribution is 2.35. The van der Waals surface area contributed by atoms with Crippen LogP contribution in [0.3, 0.4) is 0 Å².